The first-order valence-electron chi connectivity index (χ1n) is 6.19. The number of carbonyl (C=O) groups excluding carboxylic acids is 1. The van der Waals surface area contributed by atoms with Crippen LogP contribution < -0.4 is 16.2 Å². The second kappa shape index (κ2) is 7.07. The van der Waals surface area contributed by atoms with Crippen LogP contribution >= 0.6 is 12.4 Å². The number of fused-ring (bicyclic) bond motifs is 1. The zero-order chi connectivity index (χ0) is 13.8. The number of likely N-dealkylation sites (N-methyl/N-ethyl adjacent to an activating group) is 1. The van der Waals surface area contributed by atoms with Crippen molar-refractivity contribution in [2.75, 3.05) is 13.6 Å². The van der Waals surface area contributed by atoms with E-state index in [2.05, 4.69) is 15.6 Å². The van der Waals surface area contributed by atoms with E-state index in [9.17, 15) is 9.59 Å². The summed E-state index contributed by atoms with van der Waals surface area (Å²) >= 11 is 0. The third kappa shape index (κ3) is 3.59. The minimum absolute atomic E-state index is 0. The summed E-state index contributed by atoms with van der Waals surface area (Å²) in [6, 6.07) is 9.06. The summed E-state index contributed by atoms with van der Waals surface area (Å²) < 4.78 is 0. The van der Waals surface area contributed by atoms with Gasteiger partial charge in [-0.15, -0.1) is 12.4 Å². The van der Waals surface area contributed by atoms with E-state index >= 15 is 0 Å². The average molecular weight is 296 g/mol. The van der Waals surface area contributed by atoms with Crippen LogP contribution in [0.15, 0.2) is 35.1 Å². The van der Waals surface area contributed by atoms with E-state index in [-0.39, 0.29) is 35.6 Å². The quantitative estimate of drug-likeness (QED) is 0.796. The first-order chi connectivity index (χ1) is 9.11. The molecule has 1 unspecified atom stereocenters. The van der Waals surface area contributed by atoms with E-state index in [0.717, 1.165) is 5.39 Å². The molecule has 0 saturated carbocycles. The maximum Gasteiger partial charge on any atom is 0.267 e. The molecule has 1 aromatic carbocycles. The number of aromatic nitrogens is 1. The Morgan fingerprint density at radius 2 is 2.05 bits per heavy atom. The number of H-pyrrole nitrogens is 1. The smallest absolute Gasteiger partial charge is 0.267 e. The molecule has 5 nitrogen and oxygen atoms in total. The summed E-state index contributed by atoms with van der Waals surface area (Å²) in [5.41, 5.74) is 0.0388. The van der Waals surface area contributed by atoms with E-state index in [0.29, 0.717) is 11.9 Å². The molecule has 108 valence electrons. The van der Waals surface area contributed by atoms with Gasteiger partial charge in [-0.1, -0.05) is 18.2 Å². The van der Waals surface area contributed by atoms with Gasteiger partial charge in [0.25, 0.3) is 11.5 Å². The van der Waals surface area contributed by atoms with Crippen molar-refractivity contribution in [1.82, 2.24) is 15.6 Å². The first-order valence-corrected chi connectivity index (χ1v) is 6.19. The maximum absolute atomic E-state index is 12.0. The van der Waals surface area contributed by atoms with Crippen LogP contribution in [-0.2, 0) is 0 Å². The number of benzene rings is 1. The monoisotopic (exact) mass is 295 g/mol. The molecule has 0 aliphatic rings. The predicted octanol–water partition coefficient (Wildman–Crippen LogP) is 1.29. The van der Waals surface area contributed by atoms with E-state index in [1.807, 2.05) is 26.1 Å². The number of amides is 1. The molecule has 0 radical (unpaired) electrons. The molecule has 0 bridgehead atoms. The van der Waals surface area contributed by atoms with Crippen molar-refractivity contribution in [2.24, 2.45) is 0 Å². The minimum atomic E-state index is -0.273. The fourth-order valence-corrected chi connectivity index (χ4v) is 1.78. The highest BCUT2D eigenvalue weighted by atomic mass is 35.5. The highest BCUT2D eigenvalue weighted by Crippen LogP contribution is 2.09. The number of nitrogens with one attached hydrogen (secondary N) is 3. The molecular weight excluding hydrogens is 278 g/mol. The second-order valence-corrected chi connectivity index (χ2v) is 4.50. The predicted molar refractivity (Wildman–Crippen MR) is 82.7 cm³/mol. The molecular formula is C14H18ClN3O2. The largest absolute Gasteiger partial charge is 0.349 e. The van der Waals surface area contributed by atoms with Crippen molar-refractivity contribution in [3.63, 3.8) is 0 Å². The molecule has 1 aromatic heterocycles. The van der Waals surface area contributed by atoms with Gasteiger partial charge in [0.05, 0.1) is 0 Å². The van der Waals surface area contributed by atoms with Crippen LogP contribution in [0.1, 0.15) is 17.4 Å². The van der Waals surface area contributed by atoms with Gasteiger partial charge in [-0.3, -0.25) is 9.59 Å². The molecule has 6 heteroatoms. The van der Waals surface area contributed by atoms with Crippen molar-refractivity contribution in [3.8, 4) is 0 Å². The Balaban J connectivity index is 0.00000200. The highest BCUT2D eigenvalue weighted by molar-refractivity contribution is 5.96. The Labute approximate surface area is 123 Å². The van der Waals surface area contributed by atoms with Gasteiger partial charge < -0.3 is 15.6 Å². The lowest BCUT2D eigenvalue weighted by atomic mass is 10.1. The van der Waals surface area contributed by atoms with Gasteiger partial charge in [-0.05, 0) is 31.5 Å². The summed E-state index contributed by atoms with van der Waals surface area (Å²) in [6.45, 7) is 2.47. The SMILES string of the molecule is CNC(C)CNC(=O)c1cc2ccccc2c(=O)[nH]1.Cl. The highest BCUT2D eigenvalue weighted by Gasteiger charge is 2.09. The molecule has 2 aromatic rings. The summed E-state index contributed by atoms with van der Waals surface area (Å²) in [4.78, 5) is 26.4. The van der Waals surface area contributed by atoms with Gasteiger partial charge >= 0.3 is 0 Å². The van der Waals surface area contributed by atoms with Gasteiger partial charge in [-0.2, -0.15) is 0 Å². The van der Waals surface area contributed by atoms with Gasteiger partial charge in [-0.25, -0.2) is 0 Å². The normalized spacial score (nSPS) is 11.7. The molecule has 2 rings (SSSR count). The third-order valence-corrected chi connectivity index (χ3v) is 3.06. The maximum atomic E-state index is 12.0. The second-order valence-electron chi connectivity index (χ2n) is 4.50. The molecule has 0 spiro atoms. The Morgan fingerprint density at radius 1 is 1.35 bits per heavy atom. The number of rotatable bonds is 4. The van der Waals surface area contributed by atoms with E-state index in [1.165, 1.54) is 0 Å². The van der Waals surface area contributed by atoms with Crippen molar-refractivity contribution in [2.45, 2.75) is 13.0 Å². The topological polar surface area (TPSA) is 74.0 Å². The lowest BCUT2D eigenvalue weighted by Gasteiger charge is -2.11. The Bertz CT molecular complexity index is 654. The average Bonchev–Trinajstić information content (AvgIpc) is 2.44. The van der Waals surface area contributed by atoms with Crippen LogP contribution in [-0.4, -0.2) is 30.5 Å². The molecule has 0 saturated heterocycles. The number of pyridine rings is 1. The number of aromatic amines is 1. The van der Waals surface area contributed by atoms with Crippen LogP contribution in [0.2, 0.25) is 0 Å². The number of halogens is 1. The van der Waals surface area contributed by atoms with Crippen LogP contribution in [0.25, 0.3) is 10.8 Å². The lowest BCUT2D eigenvalue weighted by Crippen LogP contribution is -2.37. The lowest BCUT2D eigenvalue weighted by molar-refractivity contribution is 0.0945. The standard InChI is InChI=1S/C14H17N3O2.ClH/c1-9(15-2)8-16-14(19)12-7-10-5-3-4-6-11(10)13(18)17-12;/h3-7,9,15H,8H2,1-2H3,(H,16,19)(H,17,18);1H. The molecule has 0 aliphatic carbocycles. The van der Waals surface area contributed by atoms with Crippen LogP contribution in [0, 0.1) is 0 Å². The van der Waals surface area contributed by atoms with Crippen molar-refractivity contribution >= 4 is 29.1 Å². The van der Waals surface area contributed by atoms with Gasteiger partial charge in [0, 0.05) is 18.0 Å². The summed E-state index contributed by atoms with van der Waals surface area (Å²) in [5.74, 6) is -0.273. The molecule has 0 fully saturated rings. The van der Waals surface area contributed by atoms with Gasteiger partial charge in [0.2, 0.25) is 0 Å². The fourth-order valence-electron chi connectivity index (χ4n) is 1.78. The summed E-state index contributed by atoms with van der Waals surface area (Å²) in [5, 5.41) is 7.14. The van der Waals surface area contributed by atoms with Crippen molar-refractivity contribution < 1.29 is 4.79 Å². The Morgan fingerprint density at radius 3 is 2.75 bits per heavy atom. The number of carbonyl (C=O) groups is 1. The van der Waals surface area contributed by atoms with E-state index in [1.54, 1.807) is 18.2 Å². The van der Waals surface area contributed by atoms with Crippen LogP contribution in [0.4, 0.5) is 0 Å². The molecule has 0 aliphatic heterocycles. The fraction of sp³-hybridized carbons (Fsp3) is 0.286. The summed E-state index contributed by atoms with van der Waals surface area (Å²) in [7, 11) is 1.83. The van der Waals surface area contributed by atoms with Crippen molar-refractivity contribution in [3.05, 3.63) is 46.4 Å². The Hall–Kier alpha value is -1.85. The summed E-state index contributed by atoms with van der Waals surface area (Å²) in [6.07, 6.45) is 0. The van der Waals surface area contributed by atoms with Crippen LogP contribution in [0.3, 0.4) is 0 Å². The van der Waals surface area contributed by atoms with E-state index in [4.69, 9.17) is 0 Å². The zero-order valence-electron chi connectivity index (χ0n) is 11.4. The minimum Gasteiger partial charge on any atom is -0.349 e. The number of hydrogen-bond donors (Lipinski definition) is 3. The molecule has 20 heavy (non-hydrogen) atoms. The van der Waals surface area contributed by atoms with Gasteiger partial charge in [0.15, 0.2) is 0 Å². The first kappa shape index (κ1) is 16.2. The molecule has 1 atom stereocenters. The Kier molecular flexibility index (Phi) is 5.73. The van der Waals surface area contributed by atoms with E-state index < -0.39 is 0 Å². The number of hydrogen-bond acceptors (Lipinski definition) is 3. The van der Waals surface area contributed by atoms with Gasteiger partial charge in [0.1, 0.15) is 5.69 Å². The zero-order valence-corrected chi connectivity index (χ0v) is 12.2. The van der Waals surface area contributed by atoms with Crippen LogP contribution in [0.5, 0.6) is 0 Å². The molecule has 1 amide bonds. The molecule has 1 heterocycles. The molecule has 3 N–H and O–H groups in total. The third-order valence-electron chi connectivity index (χ3n) is 3.06. The van der Waals surface area contributed by atoms with Crippen molar-refractivity contribution in [1.29, 1.82) is 0 Å².